The minimum Gasteiger partial charge on any atom is -0.481 e. The molecule has 1 heterocycles. The summed E-state index contributed by atoms with van der Waals surface area (Å²) < 4.78 is 4.96. The number of hydrogen-bond acceptors (Lipinski definition) is 4. The normalized spacial score (nSPS) is 11.2. The van der Waals surface area contributed by atoms with Gasteiger partial charge in [0.15, 0.2) is 5.58 Å². The number of rotatable bonds is 5. The second-order valence-electron chi connectivity index (χ2n) is 4.23. The Labute approximate surface area is 103 Å². The number of aliphatic carboxylic acids is 1. The molecule has 1 aromatic carbocycles. The molecule has 0 unspecified atom stereocenters. The average molecular weight is 250 g/mol. The van der Waals surface area contributed by atoms with E-state index < -0.39 is 11.7 Å². The zero-order chi connectivity index (χ0) is 13.1. The van der Waals surface area contributed by atoms with Crippen molar-refractivity contribution in [1.29, 1.82) is 0 Å². The molecule has 0 aliphatic rings. The maximum Gasteiger partial charge on any atom is 0.417 e. The van der Waals surface area contributed by atoms with Crippen molar-refractivity contribution >= 4 is 17.1 Å². The molecule has 18 heavy (non-hydrogen) atoms. The summed E-state index contributed by atoms with van der Waals surface area (Å²) in [6.45, 7) is 1.09. The molecule has 0 aliphatic carbocycles. The Kier molecular flexibility index (Phi) is 3.47. The molecule has 2 rings (SSSR count). The fraction of sp³-hybridized carbons (Fsp3) is 0.333. The second-order valence-corrected chi connectivity index (χ2v) is 4.23. The van der Waals surface area contributed by atoms with Crippen molar-refractivity contribution < 1.29 is 14.3 Å². The lowest BCUT2D eigenvalue weighted by atomic mass is 10.2. The maximum absolute atomic E-state index is 11.0. The zero-order valence-corrected chi connectivity index (χ0v) is 9.97. The third kappa shape index (κ3) is 2.98. The third-order valence-corrected chi connectivity index (χ3v) is 2.65. The fourth-order valence-corrected chi connectivity index (χ4v) is 1.77. The molecule has 0 atom stereocenters. The zero-order valence-electron chi connectivity index (χ0n) is 9.97. The molecule has 0 saturated carbocycles. The molecule has 0 spiro atoms. The van der Waals surface area contributed by atoms with Crippen LogP contribution in [0.5, 0.6) is 0 Å². The standard InChI is InChI=1S/C12H14N2O4/c1-14(5-4-11(15)16)7-8-2-3-9-10(6-8)18-12(17)13-9/h2-3,6H,4-5,7H2,1H3,(H,13,17)(H,15,16). The van der Waals surface area contributed by atoms with Crippen LogP contribution in [-0.2, 0) is 11.3 Å². The van der Waals surface area contributed by atoms with E-state index >= 15 is 0 Å². The minimum absolute atomic E-state index is 0.109. The van der Waals surface area contributed by atoms with Gasteiger partial charge in [-0.3, -0.25) is 9.78 Å². The first-order valence-corrected chi connectivity index (χ1v) is 5.56. The van der Waals surface area contributed by atoms with Gasteiger partial charge in [-0.05, 0) is 24.7 Å². The average Bonchev–Trinajstić information content (AvgIpc) is 2.66. The number of aromatic amines is 1. The summed E-state index contributed by atoms with van der Waals surface area (Å²) in [6, 6.07) is 5.44. The first-order valence-electron chi connectivity index (χ1n) is 5.56. The van der Waals surface area contributed by atoms with E-state index in [0.29, 0.717) is 24.2 Å². The predicted octanol–water partition coefficient (Wildman–Crippen LogP) is 1.03. The molecular formula is C12H14N2O4. The summed E-state index contributed by atoms with van der Waals surface area (Å²) >= 11 is 0. The molecule has 96 valence electrons. The first kappa shape index (κ1) is 12.4. The molecule has 2 aromatic rings. The summed E-state index contributed by atoms with van der Waals surface area (Å²) in [7, 11) is 1.85. The highest BCUT2D eigenvalue weighted by Gasteiger charge is 2.06. The number of nitrogens with zero attached hydrogens (tertiary/aromatic N) is 1. The van der Waals surface area contributed by atoms with Gasteiger partial charge >= 0.3 is 11.7 Å². The molecule has 2 N–H and O–H groups in total. The van der Waals surface area contributed by atoms with E-state index in [-0.39, 0.29) is 6.42 Å². The van der Waals surface area contributed by atoms with Crippen molar-refractivity contribution in [3.8, 4) is 0 Å². The quantitative estimate of drug-likeness (QED) is 0.827. The summed E-state index contributed by atoms with van der Waals surface area (Å²) in [4.78, 5) is 25.9. The highest BCUT2D eigenvalue weighted by molar-refractivity contribution is 5.72. The number of hydrogen-bond donors (Lipinski definition) is 2. The molecule has 0 radical (unpaired) electrons. The molecule has 0 amide bonds. The van der Waals surface area contributed by atoms with Crippen molar-refractivity contribution in [2.45, 2.75) is 13.0 Å². The van der Waals surface area contributed by atoms with Crippen LogP contribution in [0.15, 0.2) is 27.4 Å². The molecule has 1 aromatic heterocycles. The maximum atomic E-state index is 11.0. The molecular weight excluding hydrogens is 236 g/mol. The first-order chi connectivity index (χ1) is 8.54. The van der Waals surface area contributed by atoms with E-state index in [1.165, 1.54) is 0 Å². The van der Waals surface area contributed by atoms with Gasteiger partial charge in [-0.2, -0.15) is 0 Å². The molecule has 0 fully saturated rings. The van der Waals surface area contributed by atoms with E-state index in [2.05, 4.69) is 4.98 Å². The Balaban J connectivity index is 2.06. The Hall–Kier alpha value is -2.08. The van der Waals surface area contributed by atoms with E-state index in [4.69, 9.17) is 9.52 Å². The van der Waals surface area contributed by atoms with Crippen LogP contribution in [0.1, 0.15) is 12.0 Å². The van der Waals surface area contributed by atoms with Crippen molar-refractivity contribution in [3.05, 3.63) is 34.3 Å². The van der Waals surface area contributed by atoms with Gasteiger partial charge in [0, 0.05) is 13.1 Å². The number of fused-ring (bicyclic) bond motifs is 1. The van der Waals surface area contributed by atoms with E-state index in [1.54, 1.807) is 12.1 Å². The predicted molar refractivity (Wildman–Crippen MR) is 65.4 cm³/mol. The highest BCUT2D eigenvalue weighted by Crippen LogP contribution is 2.13. The van der Waals surface area contributed by atoms with E-state index in [1.807, 2.05) is 18.0 Å². The van der Waals surface area contributed by atoms with Gasteiger partial charge < -0.3 is 14.4 Å². The smallest absolute Gasteiger partial charge is 0.417 e. The lowest BCUT2D eigenvalue weighted by molar-refractivity contribution is -0.137. The highest BCUT2D eigenvalue weighted by atomic mass is 16.4. The van der Waals surface area contributed by atoms with Gasteiger partial charge in [0.05, 0.1) is 11.9 Å². The van der Waals surface area contributed by atoms with Crippen LogP contribution in [0.2, 0.25) is 0 Å². The van der Waals surface area contributed by atoms with Crippen molar-refractivity contribution in [2.75, 3.05) is 13.6 Å². The van der Waals surface area contributed by atoms with Gasteiger partial charge in [-0.25, -0.2) is 4.79 Å². The van der Waals surface area contributed by atoms with Gasteiger partial charge in [0.2, 0.25) is 0 Å². The summed E-state index contributed by atoms with van der Waals surface area (Å²) in [5.74, 6) is -1.28. The Bertz CT molecular complexity index is 614. The topological polar surface area (TPSA) is 86.5 Å². The van der Waals surface area contributed by atoms with Crippen molar-refractivity contribution in [2.24, 2.45) is 0 Å². The summed E-state index contributed by atoms with van der Waals surface area (Å²) in [5, 5.41) is 8.59. The minimum atomic E-state index is -0.811. The number of benzene rings is 1. The number of carbonyl (C=O) groups is 1. The van der Waals surface area contributed by atoms with E-state index in [0.717, 1.165) is 5.56 Å². The number of aromatic nitrogens is 1. The largest absolute Gasteiger partial charge is 0.481 e. The van der Waals surface area contributed by atoms with Gasteiger partial charge in [0.1, 0.15) is 0 Å². The number of H-pyrrole nitrogens is 1. The number of carboxylic acid groups (broad SMARTS) is 1. The number of carboxylic acids is 1. The van der Waals surface area contributed by atoms with Crippen LogP contribution >= 0.6 is 0 Å². The molecule has 0 aliphatic heterocycles. The molecule has 0 bridgehead atoms. The van der Waals surface area contributed by atoms with Crippen LogP contribution < -0.4 is 5.76 Å². The lowest BCUT2D eigenvalue weighted by Crippen LogP contribution is -2.21. The lowest BCUT2D eigenvalue weighted by Gasteiger charge is -2.15. The number of nitrogens with one attached hydrogen (secondary N) is 1. The fourth-order valence-electron chi connectivity index (χ4n) is 1.77. The van der Waals surface area contributed by atoms with Crippen LogP contribution in [0.25, 0.3) is 11.1 Å². The molecule has 6 nitrogen and oxygen atoms in total. The van der Waals surface area contributed by atoms with Crippen molar-refractivity contribution in [3.63, 3.8) is 0 Å². The second kappa shape index (κ2) is 5.05. The summed E-state index contributed by atoms with van der Waals surface area (Å²) in [5.41, 5.74) is 2.15. The summed E-state index contributed by atoms with van der Waals surface area (Å²) in [6.07, 6.45) is 0.109. The van der Waals surface area contributed by atoms with Gasteiger partial charge in [0.25, 0.3) is 0 Å². The van der Waals surface area contributed by atoms with Crippen LogP contribution in [0.4, 0.5) is 0 Å². The van der Waals surface area contributed by atoms with Gasteiger partial charge in [-0.15, -0.1) is 0 Å². The van der Waals surface area contributed by atoms with Crippen molar-refractivity contribution in [1.82, 2.24) is 9.88 Å². The Morgan fingerprint density at radius 2 is 2.28 bits per heavy atom. The monoisotopic (exact) mass is 250 g/mol. The molecule has 6 heteroatoms. The number of oxazole rings is 1. The SMILES string of the molecule is CN(CCC(=O)O)Cc1ccc2[nH]c(=O)oc2c1. The Morgan fingerprint density at radius 1 is 1.50 bits per heavy atom. The van der Waals surface area contributed by atoms with Crippen LogP contribution in [0.3, 0.4) is 0 Å². The van der Waals surface area contributed by atoms with Crippen LogP contribution in [0, 0.1) is 0 Å². The Morgan fingerprint density at radius 3 is 3.00 bits per heavy atom. The van der Waals surface area contributed by atoms with E-state index in [9.17, 15) is 9.59 Å². The third-order valence-electron chi connectivity index (χ3n) is 2.65. The molecule has 0 saturated heterocycles. The van der Waals surface area contributed by atoms with Gasteiger partial charge in [-0.1, -0.05) is 6.07 Å². The van der Waals surface area contributed by atoms with Crippen LogP contribution in [-0.4, -0.2) is 34.6 Å².